The van der Waals surface area contributed by atoms with Crippen LogP contribution in [0.25, 0.3) is 47.6 Å². The number of hydrogen-bond acceptors (Lipinski definition) is 28. The van der Waals surface area contributed by atoms with E-state index >= 15 is 0 Å². The maximum absolute atomic E-state index is 14.9. The number of sulfone groups is 4. The van der Waals surface area contributed by atoms with Crippen LogP contribution in [-0.4, -0.2) is 168 Å². The number of hydrogen-bond donors (Lipinski definition) is 5. The van der Waals surface area contributed by atoms with E-state index in [1.165, 1.54) is 181 Å². The maximum Gasteiger partial charge on any atom is 0.233 e. The van der Waals surface area contributed by atoms with Gasteiger partial charge in [-0.05, 0) is 232 Å². The average Bonchev–Trinajstić information content (AvgIpc) is 0.747. The first-order valence-electron chi connectivity index (χ1n) is 45.0. The number of aliphatic hydroxyl groups excluding tert-OH is 1. The third-order valence-corrected chi connectivity index (χ3v) is 34.4. The number of benzene rings is 4. The van der Waals surface area contributed by atoms with Crippen molar-refractivity contribution in [3.05, 3.63) is 218 Å². The predicted molar refractivity (Wildman–Crippen MR) is 554 cm³/mol. The summed E-state index contributed by atoms with van der Waals surface area (Å²) in [6, 6.07) is 15.5. The van der Waals surface area contributed by atoms with Crippen LogP contribution < -0.4 is 37.1 Å². The van der Waals surface area contributed by atoms with E-state index in [4.69, 9.17) is 53.9 Å². The molecule has 0 fully saturated rings. The van der Waals surface area contributed by atoms with Gasteiger partial charge in [-0.2, -0.15) is 0 Å². The summed E-state index contributed by atoms with van der Waals surface area (Å²) in [5, 5.41) is 8.81. The lowest BCUT2D eigenvalue weighted by molar-refractivity contribution is 0.228. The van der Waals surface area contributed by atoms with Crippen molar-refractivity contribution >= 4 is 122 Å². The molecule has 8 heterocycles. The molecule has 0 radical (unpaired) electrons. The van der Waals surface area contributed by atoms with Crippen molar-refractivity contribution in [2.24, 2.45) is 42.9 Å². The Morgan fingerprint density at radius 3 is 0.750 bits per heavy atom. The van der Waals surface area contributed by atoms with Crippen LogP contribution in [-0.2, 0) is 61.5 Å². The largest absolute Gasteiger partial charge is 0.460 e. The summed E-state index contributed by atoms with van der Waals surface area (Å²) >= 11 is 5.64. The lowest BCUT2D eigenvalue weighted by Crippen LogP contribution is -2.55. The Bertz CT molecular complexity index is 6540. The molecule has 0 amide bonds. The van der Waals surface area contributed by atoms with Gasteiger partial charge in [0.25, 0.3) is 0 Å². The van der Waals surface area contributed by atoms with Crippen LogP contribution in [0.2, 0.25) is 5.15 Å². The maximum atomic E-state index is 14.9. The minimum absolute atomic E-state index is 0. The fourth-order valence-corrected chi connectivity index (χ4v) is 20.8. The average molecular weight is 2090 g/mol. The van der Waals surface area contributed by atoms with Crippen LogP contribution in [0.3, 0.4) is 0 Å². The molecule has 8 atom stereocenters. The van der Waals surface area contributed by atoms with Gasteiger partial charge in [0, 0.05) is 22.3 Å². The minimum atomic E-state index is -3.73. The van der Waals surface area contributed by atoms with Gasteiger partial charge in [0.2, 0.25) is 17.6 Å². The number of ether oxygens (including phenoxy) is 3. The number of halogens is 9. The van der Waals surface area contributed by atoms with E-state index in [0.717, 1.165) is 55.0 Å². The van der Waals surface area contributed by atoms with Gasteiger partial charge in [0.15, 0.2) is 81.0 Å². The number of aliphatic imine (C=N–C) groups is 4. The molecule has 0 aliphatic carbocycles. The molecule has 0 spiro atoms. The summed E-state index contributed by atoms with van der Waals surface area (Å²) in [7, 11) is -14.9. The van der Waals surface area contributed by atoms with Gasteiger partial charge in [-0.15, -0.1) is 23.7 Å². The summed E-state index contributed by atoms with van der Waals surface area (Å²) in [6.45, 7) is 36.1. The molecule has 0 saturated carbocycles. The number of aromatic nitrogens is 8. The first-order valence-corrected chi connectivity index (χ1v) is 52.0. The second kappa shape index (κ2) is 49.2. The topological polar surface area (TPSA) is 441 Å². The highest BCUT2D eigenvalue weighted by Crippen LogP contribution is 2.44. The van der Waals surface area contributed by atoms with E-state index in [1.807, 2.05) is 41.5 Å². The third-order valence-electron chi connectivity index (χ3n) is 23.4. The first-order chi connectivity index (χ1) is 66.6. The Labute approximate surface area is 844 Å². The van der Waals surface area contributed by atoms with Gasteiger partial charge in [-0.3, -0.25) is 20.0 Å². The molecule has 0 bridgehead atoms. The van der Waals surface area contributed by atoms with Gasteiger partial charge in [-0.25, -0.2) is 109 Å². The zero-order chi connectivity index (χ0) is 107. The van der Waals surface area contributed by atoms with Gasteiger partial charge in [-0.1, -0.05) is 109 Å². The van der Waals surface area contributed by atoms with Crippen LogP contribution >= 0.6 is 11.6 Å². The van der Waals surface area contributed by atoms with Crippen molar-refractivity contribution in [1.82, 2.24) is 39.9 Å². The van der Waals surface area contributed by atoms with Crippen molar-refractivity contribution in [2.45, 2.75) is 251 Å². The zero-order valence-corrected chi connectivity index (χ0v) is 87.5. The highest BCUT2D eigenvalue weighted by atomic mass is 35.5. The van der Waals surface area contributed by atoms with Crippen LogP contribution in [0.1, 0.15) is 253 Å². The number of rotatable bonds is 22. The second-order valence-electron chi connectivity index (χ2n) is 35.6. The van der Waals surface area contributed by atoms with E-state index in [1.54, 1.807) is 27.7 Å². The first kappa shape index (κ1) is 120. The predicted octanol–water partition coefficient (Wildman–Crippen LogP) is 18.1. The molecule has 4 aromatic heterocycles. The van der Waals surface area contributed by atoms with Crippen LogP contribution in [0.5, 0.6) is 17.6 Å². The summed E-state index contributed by atoms with van der Waals surface area (Å²) < 4.78 is 232. The number of aliphatic hydroxyl groups is 1. The molecule has 9 N–H and O–H groups in total. The van der Waals surface area contributed by atoms with E-state index in [2.05, 4.69) is 107 Å². The molecule has 774 valence electrons. The van der Waals surface area contributed by atoms with Crippen LogP contribution in [0.15, 0.2) is 142 Å². The molecule has 4 aliphatic heterocycles. The zero-order valence-electron chi connectivity index (χ0n) is 83.5. The minimum Gasteiger partial charge on any atom is -0.460 e. The van der Waals surface area contributed by atoms with Gasteiger partial charge in [0.1, 0.15) is 122 Å². The molecule has 0 saturated heterocycles. The van der Waals surface area contributed by atoms with E-state index < -0.39 is 156 Å². The Balaban J connectivity index is 0.000000285. The lowest BCUT2D eigenvalue weighted by atomic mass is 9.91. The van der Waals surface area contributed by atoms with Crippen molar-refractivity contribution in [1.29, 1.82) is 0 Å². The van der Waals surface area contributed by atoms with E-state index in [-0.39, 0.29) is 117 Å². The van der Waals surface area contributed by atoms with Crippen molar-refractivity contribution in [3.63, 3.8) is 0 Å². The quantitative estimate of drug-likeness (QED) is 0.0311. The molecule has 4 aromatic carbocycles. The third kappa shape index (κ3) is 28.9. The number of nitrogens with two attached hydrogens (primary N) is 4. The molecule has 8 aromatic rings. The van der Waals surface area contributed by atoms with Crippen molar-refractivity contribution in [3.8, 4) is 65.0 Å². The van der Waals surface area contributed by atoms with Gasteiger partial charge in [0.05, 0.1) is 72.6 Å². The van der Waals surface area contributed by atoms with E-state index in [0.29, 0.717) is 41.5 Å². The monoisotopic (exact) mass is 2090 g/mol. The molecule has 12 rings (SSSR count). The fourth-order valence-electron chi connectivity index (χ4n) is 14.0. The Hall–Kier alpha value is -12.8. The number of nitrogens with zero attached hydrogens (tertiary/aromatic N) is 12. The molecular formula is C103H123ClF8N16O12S4. The van der Waals surface area contributed by atoms with Crippen molar-refractivity contribution in [2.75, 3.05) is 23.0 Å². The smallest absolute Gasteiger partial charge is 0.233 e. The normalized spacial score (nSPS) is 21.3. The fraction of sp³-hybridized carbons (Fsp3) is 0.417. The highest BCUT2D eigenvalue weighted by Gasteiger charge is 2.54. The Morgan fingerprint density at radius 1 is 0.368 bits per heavy atom. The molecule has 2 unspecified atom stereocenters. The Kier molecular flexibility index (Phi) is 40.9. The second-order valence-corrected chi connectivity index (χ2v) is 46.1. The lowest BCUT2D eigenvalue weighted by Gasteiger charge is -2.38. The molecule has 144 heavy (non-hydrogen) atoms. The Morgan fingerprint density at radius 2 is 0.583 bits per heavy atom. The SMILES string of the molecule is C.CC.CC#CC(CC)Oc1cnc(/C(F)=C/c2ccc(F)c([C@]3(C)CS(=O)(=O)C(C)(C)C(N)=N3)c2)cn1.CC#CC(O)CC.CC#C[C@@H](CC)Oc1cnc(/C(F)=C/c2ccc(F)c([C@]3(C)CS(=O)(=O)C(C)(C)C(N)=N3)c2)cn1.CC#C[C@H](CC)Oc1cnc(/C(F)=C/c2ccc(F)c([C@]3(C)CS(=O)(=O)C(C)(C)C(N)=N3)c2)cn1.CC1(C)C(N)=N[C@](C)(c2cc(/C=C(\F)c3cnc(Cl)cn3)ccc2F)CS1(=O)=O. The van der Waals surface area contributed by atoms with Gasteiger partial charge >= 0.3 is 0 Å². The summed E-state index contributed by atoms with van der Waals surface area (Å²) in [5.74, 6) is 15.2. The van der Waals surface area contributed by atoms with Crippen LogP contribution in [0, 0.1) is 70.6 Å². The standard InChI is InChI=1S/3C25H28F2N4O3S.C19H19ClF2N4O2S.C6H10O.C2H6.CH4/c3*1-6-8-17(7-2)34-22-14-29-21(13-30-22)20(27)12-16-9-10-19(26)18(11-16)25(5)15-35(32,33)24(3,4)23(28)31-25;1-18(2)17(23)26-19(3,10-29(18,27)28)12-6-11(4-5-13(12)21)7-14(22)15-8-25-16(20)9-24-15;1-3-5-6(7)4-2;1-2;/h3*9-14,17H,7,15H2,1-5H3,(H2,28,31);4-9H,10H2,1-3H3,(H2,23,26);6-7H,4H2,1-2H3;1-2H3;1H4/b3*20-12-;14-7-;;;/t17?,25-;17-,25+;17-,25-;19-;;;/m0100.../s1. The molecule has 4 aliphatic rings. The highest BCUT2D eigenvalue weighted by molar-refractivity contribution is 7.94. The molecular weight excluding hydrogens is 1970 g/mol. The van der Waals surface area contributed by atoms with Crippen LogP contribution in [0.4, 0.5) is 35.1 Å². The van der Waals surface area contributed by atoms with Gasteiger partial charge < -0.3 is 42.3 Å². The number of amidine groups is 4. The molecule has 28 nitrogen and oxygen atoms in total. The molecule has 41 heteroatoms. The van der Waals surface area contributed by atoms with Crippen molar-refractivity contribution < 1.29 is 88.1 Å². The summed E-state index contributed by atoms with van der Waals surface area (Å²) in [6.07, 6.45) is 15.8. The van der Waals surface area contributed by atoms with E-state index in [9.17, 15) is 68.8 Å². The summed E-state index contributed by atoms with van der Waals surface area (Å²) in [5.41, 5.74) is 19.0. The summed E-state index contributed by atoms with van der Waals surface area (Å²) in [4.78, 5) is 49.3.